The molecule has 0 spiro atoms. The highest BCUT2D eigenvalue weighted by molar-refractivity contribution is 6.35. The van der Waals surface area contributed by atoms with Gasteiger partial charge in [-0.25, -0.2) is 0 Å². The molecule has 3 N–H and O–H groups in total. The SMILES string of the molecule is N#Cc1cc(NCCc2ccc(Cl)cc2Cl)ccc1N. The summed E-state index contributed by atoms with van der Waals surface area (Å²) >= 11 is 12.0. The Morgan fingerprint density at radius 2 is 1.95 bits per heavy atom. The number of hydrogen-bond acceptors (Lipinski definition) is 3. The van der Waals surface area contributed by atoms with Crippen molar-refractivity contribution >= 4 is 34.6 Å². The van der Waals surface area contributed by atoms with Gasteiger partial charge in [0, 0.05) is 28.0 Å². The van der Waals surface area contributed by atoms with E-state index in [0.717, 1.165) is 17.7 Å². The van der Waals surface area contributed by atoms with E-state index in [4.69, 9.17) is 34.2 Å². The van der Waals surface area contributed by atoms with Crippen molar-refractivity contribution in [3.63, 3.8) is 0 Å². The second-order valence-corrected chi connectivity index (χ2v) is 5.17. The molecule has 0 aliphatic heterocycles. The fourth-order valence-electron chi connectivity index (χ4n) is 1.83. The van der Waals surface area contributed by atoms with Gasteiger partial charge in [-0.05, 0) is 42.3 Å². The molecule has 3 nitrogen and oxygen atoms in total. The van der Waals surface area contributed by atoms with Crippen LogP contribution in [0.25, 0.3) is 0 Å². The van der Waals surface area contributed by atoms with E-state index in [1.54, 1.807) is 18.2 Å². The second kappa shape index (κ2) is 6.51. The number of nitrogens with zero attached hydrogens (tertiary/aromatic N) is 1. The number of nitrogen functional groups attached to an aromatic ring is 1. The van der Waals surface area contributed by atoms with Gasteiger partial charge in [0.2, 0.25) is 0 Å². The minimum Gasteiger partial charge on any atom is -0.398 e. The van der Waals surface area contributed by atoms with Gasteiger partial charge in [-0.2, -0.15) is 5.26 Å². The summed E-state index contributed by atoms with van der Waals surface area (Å²) in [7, 11) is 0. The van der Waals surface area contributed by atoms with E-state index in [1.165, 1.54) is 0 Å². The summed E-state index contributed by atoms with van der Waals surface area (Å²) in [6, 6.07) is 12.8. The maximum Gasteiger partial charge on any atom is 0.101 e. The fourth-order valence-corrected chi connectivity index (χ4v) is 2.33. The predicted molar refractivity (Wildman–Crippen MR) is 84.2 cm³/mol. The third-order valence-corrected chi connectivity index (χ3v) is 3.50. The largest absolute Gasteiger partial charge is 0.398 e. The van der Waals surface area contributed by atoms with Crippen molar-refractivity contribution in [2.45, 2.75) is 6.42 Å². The van der Waals surface area contributed by atoms with Crippen molar-refractivity contribution in [1.82, 2.24) is 0 Å². The molecule has 0 unspecified atom stereocenters. The highest BCUT2D eigenvalue weighted by atomic mass is 35.5. The molecule has 0 saturated heterocycles. The monoisotopic (exact) mass is 305 g/mol. The van der Waals surface area contributed by atoms with Gasteiger partial charge in [0.1, 0.15) is 6.07 Å². The number of anilines is 2. The standard InChI is InChI=1S/C15H13Cl2N3/c16-12-2-1-10(14(17)8-12)5-6-20-13-3-4-15(19)11(7-13)9-18/h1-4,7-8,20H,5-6,19H2. The van der Waals surface area contributed by atoms with Gasteiger partial charge in [-0.15, -0.1) is 0 Å². The van der Waals surface area contributed by atoms with Gasteiger partial charge in [-0.3, -0.25) is 0 Å². The van der Waals surface area contributed by atoms with E-state index < -0.39 is 0 Å². The molecule has 20 heavy (non-hydrogen) atoms. The molecule has 2 aromatic carbocycles. The normalized spacial score (nSPS) is 10.1. The molecule has 0 amide bonds. The number of benzene rings is 2. The lowest BCUT2D eigenvalue weighted by atomic mass is 10.1. The maximum atomic E-state index is 8.92. The van der Waals surface area contributed by atoms with Crippen molar-refractivity contribution in [3.8, 4) is 6.07 Å². The minimum atomic E-state index is 0.472. The first-order valence-electron chi connectivity index (χ1n) is 6.07. The third-order valence-electron chi connectivity index (χ3n) is 2.91. The van der Waals surface area contributed by atoms with Gasteiger partial charge in [0.25, 0.3) is 0 Å². The molecule has 0 aliphatic rings. The molecular formula is C15H13Cl2N3. The Morgan fingerprint density at radius 3 is 2.65 bits per heavy atom. The van der Waals surface area contributed by atoms with Crippen molar-refractivity contribution in [3.05, 3.63) is 57.6 Å². The van der Waals surface area contributed by atoms with Crippen LogP contribution in [0, 0.1) is 11.3 Å². The van der Waals surface area contributed by atoms with Crippen molar-refractivity contribution in [2.75, 3.05) is 17.6 Å². The van der Waals surface area contributed by atoms with Crippen LogP contribution in [0.3, 0.4) is 0 Å². The quantitative estimate of drug-likeness (QED) is 0.836. The summed E-state index contributed by atoms with van der Waals surface area (Å²) in [5.41, 5.74) is 8.52. The van der Waals surface area contributed by atoms with Crippen LogP contribution in [0.15, 0.2) is 36.4 Å². The molecule has 2 aromatic rings. The number of nitrogens with two attached hydrogens (primary N) is 1. The summed E-state index contributed by atoms with van der Waals surface area (Å²) in [6.07, 6.45) is 0.766. The zero-order chi connectivity index (χ0) is 14.5. The highest BCUT2D eigenvalue weighted by Gasteiger charge is 2.03. The van der Waals surface area contributed by atoms with Crippen molar-refractivity contribution in [1.29, 1.82) is 5.26 Å². The summed E-state index contributed by atoms with van der Waals surface area (Å²) in [6.45, 7) is 0.705. The Bertz CT molecular complexity index is 663. The van der Waals surface area contributed by atoms with Crippen molar-refractivity contribution in [2.24, 2.45) is 0 Å². The van der Waals surface area contributed by atoms with Crippen LogP contribution < -0.4 is 11.1 Å². The van der Waals surface area contributed by atoms with Crippen LogP contribution in [0.1, 0.15) is 11.1 Å². The lowest BCUT2D eigenvalue weighted by Gasteiger charge is -2.09. The average Bonchev–Trinajstić information content (AvgIpc) is 2.43. The summed E-state index contributed by atoms with van der Waals surface area (Å²) in [5, 5.41) is 13.4. The Kier molecular flexibility index (Phi) is 4.73. The maximum absolute atomic E-state index is 8.92. The molecule has 0 bridgehead atoms. The number of hydrogen-bond donors (Lipinski definition) is 2. The lowest BCUT2D eigenvalue weighted by Crippen LogP contribution is -2.05. The predicted octanol–water partition coefficient (Wildman–Crippen LogP) is 4.10. The molecular weight excluding hydrogens is 293 g/mol. The molecule has 0 heterocycles. The van der Waals surface area contributed by atoms with Crippen LogP contribution in [-0.4, -0.2) is 6.54 Å². The smallest absolute Gasteiger partial charge is 0.101 e. The second-order valence-electron chi connectivity index (χ2n) is 4.33. The first kappa shape index (κ1) is 14.5. The zero-order valence-electron chi connectivity index (χ0n) is 10.7. The van der Waals surface area contributed by atoms with E-state index in [-0.39, 0.29) is 0 Å². The number of nitriles is 1. The van der Waals surface area contributed by atoms with Gasteiger partial charge in [-0.1, -0.05) is 29.3 Å². The molecule has 0 atom stereocenters. The van der Waals surface area contributed by atoms with Crippen LogP contribution in [0.2, 0.25) is 10.0 Å². The van der Waals surface area contributed by atoms with Crippen molar-refractivity contribution < 1.29 is 0 Å². The van der Waals surface area contributed by atoms with E-state index >= 15 is 0 Å². The van der Waals surface area contributed by atoms with E-state index in [0.29, 0.717) is 27.8 Å². The molecule has 0 radical (unpaired) electrons. The molecule has 0 fully saturated rings. The van der Waals surface area contributed by atoms with Crippen LogP contribution >= 0.6 is 23.2 Å². The first-order chi connectivity index (χ1) is 9.60. The number of rotatable bonds is 4. The lowest BCUT2D eigenvalue weighted by molar-refractivity contribution is 1.02. The Morgan fingerprint density at radius 1 is 1.15 bits per heavy atom. The van der Waals surface area contributed by atoms with Crippen LogP contribution in [-0.2, 0) is 6.42 Å². The van der Waals surface area contributed by atoms with Crippen LogP contribution in [0.4, 0.5) is 11.4 Å². The van der Waals surface area contributed by atoms with E-state index in [1.807, 2.05) is 18.2 Å². The minimum absolute atomic E-state index is 0.472. The molecule has 0 aromatic heterocycles. The van der Waals surface area contributed by atoms with Gasteiger partial charge < -0.3 is 11.1 Å². The summed E-state index contributed by atoms with van der Waals surface area (Å²) in [4.78, 5) is 0. The van der Waals surface area contributed by atoms with Gasteiger partial charge >= 0.3 is 0 Å². The molecule has 2 rings (SSSR count). The van der Waals surface area contributed by atoms with Gasteiger partial charge in [0.15, 0.2) is 0 Å². The Labute approximate surface area is 127 Å². The summed E-state index contributed by atoms with van der Waals surface area (Å²) in [5.74, 6) is 0. The number of halogens is 2. The first-order valence-corrected chi connectivity index (χ1v) is 6.83. The average molecular weight is 306 g/mol. The van der Waals surface area contributed by atoms with E-state index in [2.05, 4.69) is 11.4 Å². The molecule has 102 valence electrons. The van der Waals surface area contributed by atoms with Crippen LogP contribution in [0.5, 0.6) is 0 Å². The van der Waals surface area contributed by atoms with E-state index in [9.17, 15) is 0 Å². The third kappa shape index (κ3) is 3.57. The molecule has 0 saturated carbocycles. The fraction of sp³-hybridized carbons (Fsp3) is 0.133. The molecule has 5 heteroatoms. The van der Waals surface area contributed by atoms with Gasteiger partial charge in [0.05, 0.1) is 5.56 Å². The number of nitrogens with one attached hydrogen (secondary N) is 1. The zero-order valence-corrected chi connectivity index (χ0v) is 12.2. The highest BCUT2D eigenvalue weighted by Crippen LogP contribution is 2.22. The Balaban J connectivity index is 1.98. The topological polar surface area (TPSA) is 61.8 Å². The summed E-state index contributed by atoms with van der Waals surface area (Å²) < 4.78 is 0. The Hall–Kier alpha value is -1.89. The molecule has 0 aliphatic carbocycles.